The van der Waals surface area contributed by atoms with Crippen LogP contribution in [0.1, 0.15) is 5.69 Å². The maximum absolute atomic E-state index is 9.91. The van der Waals surface area contributed by atoms with E-state index in [9.17, 15) is 5.11 Å². The zero-order valence-corrected chi connectivity index (χ0v) is 10.9. The van der Waals surface area contributed by atoms with Gasteiger partial charge in [0.15, 0.2) is 0 Å². The van der Waals surface area contributed by atoms with E-state index >= 15 is 0 Å². The highest BCUT2D eigenvalue weighted by atomic mass is 16.5. The molecular weight excluding hydrogens is 232 g/mol. The number of ether oxygens (including phenoxy) is 1. The molecule has 18 heavy (non-hydrogen) atoms. The number of hydrogen-bond donors (Lipinski definition) is 2. The zero-order chi connectivity index (χ0) is 12.8. The van der Waals surface area contributed by atoms with Gasteiger partial charge in [-0.3, -0.25) is 9.58 Å². The van der Waals surface area contributed by atoms with E-state index in [1.54, 1.807) is 4.68 Å². The number of aliphatic hydroxyl groups excluding tert-OH is 1. The molecule has 0 radical (unpaired) electrons. The number of hydrogen-bond acceptors (Lipinski definition) is 5. The third-order valence-electron chi connectivity index (χ3n) is 3.03. The number of aryl methyl sites for hydroxylation is 1. The Labute approximate surface area is 108 Å². The van der Waals surface area contributed by atoms with Crippen molar-refractivity contribution in [2.24, 2.45) is 7.05 Å². The number of nitrogens with zero attached hydrogens (tertiary/aromatic N) is 3. The van der Waals surface area contributed by atoms with Crippen LogP contribution in [0.15, 0.2) is 12.3 Å². The second-order valence-electron chi connectivity index (χ2n) is 4.68. The van der Waals surface area contributed by atoms with E-state index in [-0.39, 0.29) is 6.10 Å². The molecule has 0 aromatic carbocycles. The lowest BCUT2D eigenvalue weighted by atomic mass is 10.3. The second-order valence-corrected chi connectivity index (χ2v) is 4.68. The van der Waals surface area contributed by atoms with E-state index in [1.807, 2.05) is 19.3 Å². The Hall–Kier alpha value is -0.950. The molecule has 1 saturated heterocycles. The van der Waals surface area contributed by atoms with E-state index in [1.165, 1.54) is 0 Å². The summed E-state index contributed by atoms with van der Waals surface area (Å²) < 4.78 is 7.05. The molecule has 2 N–H and O–H groups in total. The third-order valence-corrected chi connectivity index (χ3v) is 3.03. The molecule has 2 heterocycles. The fourth-order valence-corrected chi connectivity index (χ4v) is 2.07. The minimum Gasteiger partial charge on any atom is -0.390 e. The molecule has 0 amide bonds. The maximum atomic E-state index is 9.91. The molecule has 102 valence electrons. The summed E-state index contributed by atoms with van der Waals surface area (Å²) in [4.78, 5) is 2.23. The Morgan fingerprint density at radius 3 is 2.94 bits per heavy atom. The van der Waals surface area contributed by atoms with Gasteiger partial charge in [0, 0.05) is 46.0 Å². The predicted octanol–water partition coefficient (Wildman–Crippen LogP) is -0.797. The van der Waals surface area contributed by atoms with Crippen molar-refractivity contribution in [3.63, 3.8) is 0 Å². The first-order valence-corrected chi connectivity index (χ1v) is 6.41. The van der Waals surface area contributed by atoms with Crippen LogP contribution in [-0.4, -0.2) is 65.3 Å². The van der Waals surface area contributed by atoms with Crippen LogP contribution in [0.2, 0.25) is 0 Å². The van der Waals surface area contributed by atoms with Crippen molar-refractivity contribution in [1.29, 1.82) is 0 Å². The van der Waals surface area contributed by atoms with Crippen molar-refractivity contribution in [3.05, 3.63) is 18.0 Å². The summed E-state index contributed by atoms with van der Waals surface area (Å²) in [6, 6.07) is 1.97. The molecule has 1 aromatic rings. The summed E-state index contributed by atoms with van der Waals surface area (Å²) in [5.74, 6) is 0. The van der Waals surface area contributed by atoms with Crippen molar-refractivity contribution >= 4 is 0 Å². The van der Waals surface area contributed by atoms with Crippen molar-refractivity contribution in [1.82, 2.24) is 20.0 Å². The van der Waals surface area contributed by atoms with Crippen LogP contribution >= 0.6 is 0 Å². The summed E-state index contributed by atoms with van der Waals surface area (Å²) in [7, 11) is 1.90. The largest absolute Gasteiger partial charge is 0.390 e. The van der Waals surface area contributed by atoms with Gasteiger partial charge in [-0.25, -0.2) is 0 Å². The molecule has 2 rings (SSSR count). The molecule has 1 unspecified atom stereocenters. The van der Waals surface area contributed by atoms with Crippen LogP contribution in [0.5, 0.6) is 0 Å². The van der Waals surface area contributed by atoms with E-state index in [0.717, 1.165) is 32.0 Å². The van der Waals surface area contributed by atoms with Gasteiger partial charge in [0.1, 0.15) is 0 Å². The van der Waals surface area contributed by atoms with Crippen molar-refractivity contribution in [2.75, 3.05) is 39.4 Å². The first kappa shape index (κ1) is 13.5. The monoisotopic (exact) mass is 254 g/mol. The molecule has 0 saturated carbocycles. The molecule has 6 heteroatoms. The Morgan fingerprint density at radius 1 is 1.50 bits per heavy atom. The summed E-state index contributed by atoms with van der Waals surface area (Å²) >= 11 is 0. The van der Waals surface area contributed by atoms with Crippen LogP contribution in [-0.2, 0) is 18.3 Å². The van der Waals surface area contributed by atoms with Gasteiger partial charge in [-0.1, -0.05) is 0 Å². The number of β-amino-alcohol motifs (C(OH)–C–C–N with tert-alkyl or cyclic N) is 1. The SMILES string of the molecule is Cn1ccc(CNCC(O)CN2CCOCC2)n1. The van der Waals surface area contributed by atoms with Crippen LogP contribution in [0.25, 0.3) is 0 Å². The second kappa shape index (κ2) is 6.84. The summed E-state index contributed by atoms with van der Waals surface area (Å²) in [6.45, 7) is 5.37. The third kappa shape index (κ3) is 4.38. The van der Waals surface area contributed by atoms with Crippen molar-refractivity contribution in [2.45, 2.75) is 12.6 Å². The molecular formula is C12H22N4O2. The average Bonchev–Trinajstić information content (AvgIpc) is 2.76. The minimum absolute atomic E-state index is 0.341. The van der Waals surface area contributed by atoms with Gasteiger partial charge in [0.05, 0.1) is 25.0 Å². The zero-order valence-electron chi connectivity index (χ0n) is 10.9. The van der Waals surface area contributed by atoms with Gasteiger partial charge >= 0.3 is 0 Å². The van der Waals surface area contributed by atoms with Gasteiger partial charge in [-0.15, -0.1) is 0 Å². The highest BCUT2D eigenvalue weighted by Gasteiger charge is 2.14. The van der Waals surface area contributed by atoms with Crippen LogP contribution in [0.3, 0.4) is 0 Å². The summed E-state index contributed by atoms with van der Waals surface area (Å²) in [6.07, 6.45) is 1.58. The molecule has 6 nitrogen and oxygen atoms in total. The molecule has 0 spiro atoms. The van der Waals surface area contributed by atoms with Crippen LogP contribution in [0.4, 0.5) is 0 Å². The van der Waals surface area contributed by atoms with Gasteiger partial charge in [-0.05, 0) is 6.07 Å². The Balaban J connectivity index is 1.60. The van der Waals surface area contributed by atoms with Gasteiger partial charge in [0.25, 0.3) is 0 Å². The minimum atomic E-state index is -0.341. The quantitative estimate of drug-likeness (QED) is 0.696. The Bertz CT molecular complexity index is 350. The summed E-state index contributed by atoms with van der Waals surface area (Å²) in [5, 5.41) is 17.4. The van der Waals surface area contributed by atoms with E-state index in [2.05, 4.69) is 15.3 Å². The first-order valence-electron chi connectivity index (χ1n) is 6.41. The number of nitrogens with one attached hydrogen (secondary N) is 1. The molecule has 1 aliphatic rings. The number of rotatable bonds is 6. The van der Waals surface area contributed by atoms with Gasteiger partial charge in [0.2, 0.25) is 0 Å². The predicted molar refractivity (Wildman–Crippen MR) is 68.2 cm³/mol. The molecule has 1 aromatic heterocycles. The van der Waals surface area contributed by atoms with E-state index in [0.29, 0.717) is 19.6 Å². The summed E-state index contributed by atoms with van der Waals surface area (Å²) in [5.41, 5.74) is 0.996. The first-order chi connectivity index (χ1) is 8.74. The van der Waals surface area contributed by atoms with Gasteiger partial charge in [-0.2, -0.15) is 5.10 Å². The van der Waals surface area contributed by atoms with E-state index < -0.39 is 0 Å². The lowest BCUT2D eigenvalue weighted by molar-refractivity contribution is 0.0149. The van der Waals surface area contributed by atoms with Crippen molar-refractivity contribution in [3.8, 4) is 0 Å². The normalized spacial score (nSPS) is 19.0. The molecule has 0 aliphatic carbocycles. The van der Waals surface area contributed by atoms with E-state index in [4.69, 9.17) is 4.74 Å². The topological polar surface area (TPSA) is 62.5 Å². The standard InChI is InChI=1S/C12H22N4O2/c1-15-3-2-11(14-15)8-13-9-12(17)10-16-4-6-18-7-5-16/h2-3,12-13,17H,4-10H2,1H3. The van der Waals surface area contributed by atoms with Gasteiger partial charge < -0.3 is 15.2 Å². The highest BCUT2D eigenvalue weighted by Crippen LogP contribution is 1.98. The number of aliphatic hydroxyl groups is 1. The Morgan fingerprint density at radius 2 is 2.28 bits per heavy atom. The van der Waals surface area contributed by atoms with Crippen LogP contribution in [0, 0.1) is 0 Å². The average molecular weight is 254 g/mol. The molecule has 1 fully saturated rings. The fraction of sp³-hybridized carbons (Fsp3) is 0.750. The molecule has 0 bridgehead atoms. The maximum Gasteiger partial charge on any atom is 0.0791 e. The highest BCUT2D eigenvalue weighted by molar-refractivity contribution is 4.97. The number of morpholine rings is 1. The van der Waals surface area contributed by atoms with Crippen molar-refractivity contribution < 1.29 is 9.84 Å². The van der Waals surface area contributed by atoms with Crippen LogP contribution < -0.4 is 5.32 Å². The lowest BCUT2D eigenvalue weighted by Gasteiger charge is -2.28. The smallest absolute Gasteiger partial charge is 0.0791 e. The molecule has 1 atom stereocenters. The molecule has 1 aliphatic heterocycles. The fourth-order valence-electron chi connectivity index (χ4n) is 2.07. The number of aromatic nitrogens is 2. The lowest BCUT2D eigenvalue weighted by Crippen LogP contribution is -2.43. The Kier molecular flexibility index (Phi) is 5.12.